The molecule has 32 heavy (non-hydrogen) atoms. The van der Waals surface area contributed by atoms with Crippen LogP contribution in [-0.4, -0.2) is 10.9 Å². The van der Waals surface area contributed by atoms with Crippen LogP contribution in [0.3, 0.4) is 0 Å². The van der Waals surface area contributed by atoms with Crippen LogP contribution in [0.1, 0.15) is 152 Å². The van der Waals surface area contributed by atoms with Crippen molar-refractivity contribution in [2.75, 3.05) is 0 Å². The van der Waals surface area contributed by atoms with E-state index in [1.165, 1.54) is 89.5 Å². The first-order valence-corrected chi connectivity index (χ1v) is 13.5. The molecule has 4 nitrogen and oxygen atoms in total. The summed E-state index contributed by atoms with van der Waals surface area (Å²) in [7, 11) is 0. The van der Waals surface area contributed by atoms with Gasteiger partial charge in [-0.3, -0.25) is 4.79 Å². The fraction of sp³-hybridized carbons (Fsp3) is 0.786. The summed E-state index contributed by atoms with van der Waals surface area (Å²) in [6.45, 7) is 4.46. The lowest BCUT2D eigenvalue weighted by molar-refractivity contribution is 0.0971. The highest BCUT2D eigenvalue weighted by atomic mass is 16.4. The highest BCUT2D eigenvalue weighted by molar-refractivity contribution is 5.97. The summed E-state index contributed by atoms with van der Waals surface area (Å²) in [5, 5.41) is 10.2. The number of aryl methyl sites for hydroxylation is 1. The molecule has 0 saturated carbocycles. The van der Waals surface area contributed by atoms with E-state index in [0.29, 0.717) is 18.6 Å². The quantitative estimate of drug-likeness (QED) is 0.151. The van der Waals surface area contributed by atoms with Gasteiger partial charge in [-0.25, -0.2) is 4.79 Å². The monoisotopic (exact) mass is 448 g/mol. The van der Waals surface area contributed by atoms with Gasteiger partial charge in [0.1, 0.15) is 17.1 Å². The Morgan fingerprint density at radius 1 is 0.719 bits per heavy atom. The van der Waals surface area contributed by atoms with E-state index >= 15 is 0 Å². The third-order valence-corrected chi connectivity index (χ3v) is 6.29. The minimum atomic E-state index is -0.683. The van der Waals surface area contributed by atoms with Crippen molar-refractivity contribution in [1.82, 2.24) is 0 Å². The molecular weight excluding hydrogens is 400 g/mol. The molecule has 0 fully saturated rings. The molecule has 1 rings (SSSR count). The molecular formula is C28H48O4. The van der Waals surface area contributed by atoms with Gasteiger partial charge in [-0.15, -0.1) is 0 Å². The molecule has 0 radical (unpaired) electrons. The van der Waals surface area contributed by atoms with Crippen molar-refractivity contribution in [3.63, 3.8) is 0 Å². The number of Topliss-reactive ketones (excluding diaryl/α,β-unsaturated/α-hetero) is 1. The molecule has 0 saturated heterocycles. The molecule has 4 heteroatoms. The summed E-state index contributed by atoms with van der Waals surface area (Å²) < 4.78 is 5.34. The number of unbranched alkanes of at least 4 members (excludes halogenated alkanes) is 16. The van der Waals surface area contributed by atoms with E-state index in [2.05, 4.69) is 13.8 Å². The Labute approximate surface area is 196 Å². The standard InChI is InChI=1S/C28H48O4/c1-3-5-7-9-11-13-15-17-19-21-24-23-26(30)27(28(31)32-24)25(29)22-20-18-16-14-12-10-8-6-4-2/h23,30H,3-22H2,1-2H3. The number of hydrogen-bond donors (Lipinski definition) is 1. The number of ketones is 1. The van der Waals surface area contributed by atoms with E-state index in [4.69, 9.17) is 4.42 Å². The maximum Gasteiger partial charge on any atom is 0.350 e. The van der Waals surface area contributed by atoms with Crippen molar-refractivity contribution in [2.24, 2.45) is 0 Å². The van der Waals surface area contributed by atoms with Gasteiger partial charge in [0.05, 0.1) is 0 Å². The fourth-order valence-electron chi connectivity index (χ4n) is 4.24. The Balaban J connectivity index is 2.25. The average Bonchev–Trinajstić information content (AvgIpc) is 2.76. The molecule has 0 unspecified atom stereocenters. The molecule has 0 amide bonds. The van der Waals surface area contributed by atoms with Crippen LogP contribution in [0.4, 0.5) is 0 Å². The summed E-state index contributed by atoms with van der Waals surface area (Å²) in [4.78, 5) is 24.7. The third kappa shape index (κ3) is 13.1. The van der Waals surface area contributed by atoms with Gasteiger partial charge in [-0.1, -0.05) is 117 Å². The second-order valence-corrected chi connectivity index (χ2v) is 9.34. The molecule has 1 aromatic rings. The zero-order chi connectivity index (χ0) is 23.4. The smallest absolute Gasteiger partial charge is 0.350 e. The van der Waals surface area contributed by atoms with Crippen molar-refractivity contribution in [3.8, 4) is 5.75 Å². The molecule has 0 atom stereocenters. The number of aromatic hydroxyl groups is 1. The van der Waals surface area contributed by atoms with Gasteiger partial charge in [0.25, 0.3) is 0 Å². The van der Waals surface area contributed by atoms with Crippen molar-refractivity contribution in [1.29, 1.82) is 0 Å². The predicted octanol–water partition coefficient (Wildman–Crippen LogP) is 8.52. The fourth-order valence-corrected chi connectivity index (χ4v) is 4.24. The minimum Gasteiger partial charge on any atom is -0.507 e. The molecule has 0 aliphatic rings. The molecule has 0 aromatic carbocycles. The number of rotatable bonds is 21. The van der Waals surface area contributed by atoms with Crippen molar-refractivity contribution < 1.29 is 14.3 Å². The van der Waals surface area contributed by atoms with Gasteiger partial charge in [-0.05, 0) is 12.8 Å². The molecule has 1 N–H and O–H groups in total. The van der Waals surface area contributed by atoms with E-state index in [9.17, 15) is 14.7 Å². The zero-order valence-corrected chi connectivity index (χ0v) is 20.9. The van der Waals surface area contributed by atoms with Crippen LogP contribution in [0.2, 0.25) is 0 Å². The normalized spacial score (nSPS) is 11.2. The molecule has 0 aliphatic heterocycles. The average molecular weight is 449 g/mol. The van der Waals surface area contributed by atoms with Gasteiger partial charge in [0.15, 0.2) is 5.78 Å². The number of hydrogen-bond acceptors (Lipinski definition) is 4. The van der Waals surface area contributed by atoms with Crippen LogP contribution in [0.5, 0.6) is 5.75 Å². The Bertz CT molecular complexity index is 662. The molecule has 0 aliphatic carbocycles. The van der Waals surface area contributed by atoms with Gasteiger partial charge in [0, 0.05) is 18.9 Å². The molecule has 0 spiro atoms. The third-order valence-electron chi connectivity index (χ3n) is 6.29. The second-order valence-electron chi connectivity index (χ2n) is 9.34. The van der Waals surface area contributed by atoms with E-state index < -0.39 is 5.63 Å². The van der Waals surface area contributed by atoms with E-state index in [0.717, 1.165) is 32.1 Å². The van der Waals surface area contributed by atoms with Crippen LogP contribution < -0.4 is 5.63 Å². The number of carbonyl (C=O) groups is 1. The van der Waals surface area contributed by atoms with Crippen molar-refractivity contribution in [3.05, 3.63) is 27.8 Å². The summed E-state index contributed by atoms with van der Waals surface area (Å²) in [6, 6.07) is 1.47. The summed E-state index contributed by atoms with van der Waals surface area (Å²) in [5.41, 5.74) is -0.850. The zero-order valence-electron chi connectivity index (χ0n) is 20.9. The Hall–Kier alpha value is -1.58. The Morgan fingerprint density at radius 3 is 1.62 bits per heavy atom. The highest BCUT2D eigenvalue weighted by Gasteiger charge is 2.18. The van der Waals surface area contributed by atoms with Crippen LogP contribution in [0, 0.1) is 0 Å². The van der Waals surface area contributed by atoms with Crippen molar-refractivity contribution in [2.45, 2.75) is 142 Å². The van der Waals surface area contributed by atoms with Gasteiger partial charge in [-0.2, -0.15) is 0 Å². The van der Waals surface area contributed by atoms with E-state index in [1.807, 2.05) is 0 Å². The Kier molecular flexibility index (Phi) is 16.8. The molecule has 1 aromatic heterocycles. The first-order chi connectivity index (χ1) is 15.6. The highest BCUT2D eigenvalue weighted by Crippen LogP contribution is 2.20. The minimum absolute atomic E-state index is 0.166. The van der Waals surface area contributed by atoms with Crippen LogP contribution in [0.25, 0.3) is 0 Å². The van der Waals surface area contributed by atoms with Gasteiger partial charge < -0.3 is 9.52 Å². The summed E-state index contributed by atoms with van der Waals surface area (Å²) in [5.74, 6) is -0.0306. The maximum absolute atomic E-state index is 12.4. The van der Waals surface area contributed by atoms with E-state index in [1.54, 1.807) is 0 Å². The topological polar surface area (TPSA) is 67.5 Å². The van der Waals surface area contributed by atoms with Crippen LogP contribution in [0.15, 0.2) is 15.3 Å². The lowest BCUT2D eigenvalue weighted by Crippen LogP contribution is -2.15. The van der Waals surface area contributed by atoms with Gasteiger partial charge >= 0.3 is 5.63 Å². The second kappa shape index (κ2) is 18.9. The largest absolute Gasteiger partial charge is 0.507 e. The van der Waals surface area contributed by atoms with E-state index in [-0.39, 0.29) is 17.1 Å². The van der Waals surface area contributed by atoms with Crippen LogP contribution in [-0.2, 0) is 6.42 Å². The summed E-state index contributed by atoms with van der Waals surface area (Å²) >= 11 is 0. The maximum atomic E-state index is 12.4. The Morgan fingerprint density at radius 2 is 1.16 bits per heavy atom. The molecule has 0 bridgehead atoms. The first kappa shape index (κ1) is 28.5. The lowest BCUT2D eigenvalue weighted by Gasteiger charge is -2.06. The summed E-state index contributed by atoms with van der Waals surface area (Å²) in [6.07, 6.45) is 22.5. The molecule has 184 valence electrons. The van der Waals surface area contributed by atoms with Gasteiger partial charge in [0.2, 0.25) is 0 Å². The van der Waals surface area contributed by atoms with Crippen LogP contribution >= 0.6 is 0 Å². The first-order valence-electron chi connectivity index (χ1n) is 13.5. The van der Waals surface area contributed by atoms with Crippen molar-refractivity contribution >= 4 is 5.78 Å². The number of carbonyl (C=O) groups excluding carboxylic acids is 1. The predicted molar refractivity (Wildman–Crippen MR) is 134 cm³/mol. The SMILES string of the molecule is CCCCCCCCCCCC(=O)c1c(O)cc(CCCCCCCCCCC)oc1=O. The molecule has 1 heterocycles. The lowest BCUT2D eigenvalue weighted by atomic mass is 10.0.